The van der Waals surface area contributed by atoms with E-state index in [1.165, 1.54) is 12.1 Å². The average Bonchev–Trinajstić information content (AvgIpc) is 3.04. The van der Waals surface area contributed by atoms with E-state index in [4.69, 9.17) is 10.7 Å². The number of thiophene rings is 1. The van der Waals surface area contributed by atoms with Crippen molar-refractivity contribution in [3.8, 4) is 0 Å². The van der Waals surface area contributed by atoms with E-state index in [9.17, 15) is 18.0 Å². The highest BCUT2D eigenvalue weighted by atomic mass is 35.7. The van der Waals surface area contributed by atoms with Gasteiger partial charge < -0.3 is 0 Å². The van der Waals surface area contributed by atoms with Gasteiger partial charge in [-0.05, 0) is 23.8 Å². The fraction of sp³-hybridized carbons (Fsp3) is 0.0769. The summed E-state index contributed by atoms with van der Waals surface area (Å²) in [7, 11) is 1.36. The van der Waals surface area contributed by atoms with Crippen LogP contribution in [0.25, 0.3) is 0 Å². The first-order valence-corrected chi connectivity index (χ1v) is 8.99. The maximum Gasteiger partial charge on any atom is 0.271 e. The third-order valence-electron chi connectivity index (χ3n) is 3.10. The van der Waals surface area contributed by atoms with E-state index in [0.29, 0.717) is 5.56 Å². The normalized spacial score (nSPS) is 14.3. The van der Waals surface area contributed by atoms with Gasteiger partial charge in [-0.1, -0.05) is 18.2 Å². The Morgan fingerprint density at radius 3 is 2.52 bits per heavy atom. The van der Waals surface area contributed by atoms with Gasteiger partial charge in [-0.3, -0.25) is 14.5 Å². The Kier molecular flexibility index (Phi) is 3.35. The standard InChI is InChI=1S/C13H8ClNO4S2/c14-21(18,19)11-6-5-10(20-11)13(17)15-7-8-3-1-2-4-9(8)12(15)16/h1-6H,7H2. The smallest absolute Gasteiger partial charge is 0.269 e. The van der Waals surface area contributed by atoms with Crippen LogP contribution in [-0.2, 0) is 15.6 Å². The van der Waals surface area contributed by atoms with Gasteiger partial charge in [-0.15, -0.1) is 11.3 Å². The van der Waals surface area contributed by atoms with Gasteiger partial charge in [0, 0.05) is 16.2 Å². The van der Waals surface area contributed by atoms with Crippen LogP contribution in [0.1, 0.15) is 25.6 Å². The quantitative estimate of drug-likeness (QED) is 0.621. The SMILES string of the molecule is O=C(c1ccc(S(=O)(=O)Cl)s1)N1Cc2ccccc2C1=O. The number of hydrogen-bond acceptors (Lipinski definition) is 5. The Bertz CT molecular complexity index is 857. The number of nitrogens with zero attached hydrogens (tertiary/aromatic N) is 1. The van der Waals surface area contributed by atoms with Crippen LogP contribution in [-0.4, -0.2) is 25.1 Å². The molecule has 0 fully saturated rings. The summed E-state index contributed by atoms with van der Waals surface area (Å²) in [4.78, 5) is 25.8. The highest BCUT2D eigenvalue weighted by Gasteiger charge is 2.33. The van der Waals surface area contributed by atoms with Gasteiger partial charge in [-0.2, -0.15) is 0 Å². The van der Waals surface area contributed by atoms with Crippen LogP contribution in [0.3, 0.4) is 0 Å². The Hall–Kier alpha value is -1.70. The molecular weight excluding hydrogens is 334 g/mol. The van der Waals surface area contributed by atoms with Crippen LogP contribution in [0.2, 0.25) is 0 Å². The number of benzene rings is 1. The minimum atomic E-state index is -3.87. The van der Waals surface area contributed by atoms with Crippen LogP contribution < -0.4 is 0 Å². The van der Waals surface area contributed by atoms with Crippen LogP contribution in [0.15, 0.2) is 40.6 Å². The molecule has 1 aromatic heterocycles. The number of imide groups is 1. The number of carbonyl (C=O) groups is 2. The zero-order valence-electron chi connectivity index (χ0n) is 10.4. The molecular formula is C13H8ClNO4S2. The van der Waals surface area contributed by atoms with E-state index in [1.54, 1.807) is 24.3 Å². The lowest BCUT2D eigenvalue weighted by Crippen LogP contribution is -2.30. The van der Waals surface area contributed by atoms with Gasteiger partial charge in [0.15, 0.2) is 0 Å². The molecule has 0 saturated heterocycles. The highest BCUT2D eigenvalue weighted by Crippen LogP contribution is 2.29. The fourth-order valence-corrected chi connectivity index (χ4v) is 4.14. The maximum absolute atomic E-state index is 12.3. The summed E-state index contributed by atoms with van der Waals surface area (Å²) in [6, 6.07) is 9.58. The summed E-state index contributed by atoms with van der Waals surface area (Å²) in [5, 5.41) is 0. The van der Waals surface area contributed by atoms with Gasteiger partial charge in [0.2, 0.25) is 0 Å². The molecule has 3 rings (SSSR count). The second-order valence-electron chi connectivity index (χ2n) is 4.41. The molecule has 0 N–H and O–H groups in total. The molecule has 0 radical (unpaired) electrons. The zero-order chi connectivity index (χ0) is 15.2. The van der Waals surface area contributed by atoms with Crippen LogP contribution in [0.5, 0.6) is 0 Å². The summed E-state index contributed by atoms with van der Waals surface area (Å²) >= 11 is 0.752. The number of carbonyl (C=O) groups excluding carboxylic acids is 2. The number of fused-ring (bicyclic) bond motifs is 1. The van der Waals surface area contributed by atoms with E-state index < -0.39 is 15.0 Å². The second-order valence-corrected chi connectivity index (χ2v) is 8.29. The van der Waals surface area contributed by atoms with E-state index in [-0.39, 0.29) is 21.5 Å². The predicted octanol–water partition coefficient (Wildman–Crippen LogP) is 2.47. The number of amides is 2. The topological polar surface area (TPSA) is 71.5 Å². The molecule has 108 valence electrons. The summed E-state index contributed by atoms with van der Waals surface area (Å²) in [5.74, 6) is -0.896. The van der Waals surface area contributed by atoms with Crippen LogP contribution in [0, 0.1) is 0 Å². The molecule has 8 heteroatoms. The Labute approximate surface area is 129 Å². The van der Waals surface area contributed by atoms with E-state index in [0.717, 1.165) is 21.8 Å². The van der Waals surface area contributed by atoms with Gasteiger partial charge in [0.25, 0.3) is 20.9 Å². The third kappa shape index (κ3) is 2.48. The Balaban J connectivity index is 1.91. The monoisotopic (exact) mass is 341 g/mol. The Morgan fingerprint density at radius 2 is 1.90 bits per heavy atom. The van der Waals surface area contributed by atoms with Crippen molar-refractivity contribution in [3.05, 3.63) is 52.4 Å². The van der Waals surface area contributed by atoms with Crippen molar-refractivity contribution >= 4 is 42.9 Å². The molecule has 2 heterocycles. The average molecular weight is 342 g/mol. The van der Waals surface area contributed by atoms with Gasteiger partial charge in [-0.25, -0.2) is 8.42 Å². The lowest BCUT2D eigenvalue weighted by atomic mass is 10.1. The summed E-state index contributed by atoms with van der Waals surface area (Å²) in [6.07, 6.45) is 0. The molecule has 0 saturated carbocycles. The molecule has 0 unspecified atom stereocenters. The third-order valence-corrected chi connectivity index (χ3v) is 6.26. The maximum atomic E-state index is 12.3. The van der Waals surface area contributed by atoms with Crippen molar-refractivity contribution in [1.82, 2.24) is 4.90 Å². The van der Waals surface area contributed by atoms with E-state index >= 15 is 0 Å². The van der Waals surface area contributed by atoms with Crippen molar-refractivity contribution in [2.24, 2.45) is 0 Å². The van der Waals surface area contributed by atoms with Gasteiger partial charge >= 0.3 is 0 Å². The molecule has 2 aromatic rings. The molecule has 0 spiro atoms. The molecule has 2 amide bonds. The number of halogens is 1. The van der Waals surface area contributed by atoms with Crippen LogP contribution >= 0.6 is 22.0 Å². The Morgan fingerprint density at radius 1 is 1.19 bits per heavy atom. The van der Waals surface area contributed by atoms with Crippen molar-refractivity contribution in [1.29, 1.82) is 0 Å². The molecule has 21 heavy (non-hydrogen) atoms. The molecule has 1 aromatic carbocycles. The molecule has 1 aliphatic rings. The molecule has 0 atom stereocenters. The summed E-state index contributed by atoms with van der Waals surface area (Å²) in [6.45, 7) is 0.189. The molecule has 1 aliphatic heterocycles. The van der Waals surface area contributed by atoms with Gasteiger partial charge in [0.1, 0.15) is 4.21 Å². The zero-order valence-corrected chi connectivity index (χ0v) is 12.8. The molecule has 0 aliphatic carbocycles. The minimum absolute atomic E-state index is 0.114. The van der Waals surface area contributed by atoms with Crippen molar-refractivity contribution in [3.63, 3.8) is 0 Å². The summed E-state index contributed by atoms with van der Waals surface area (Å²) in [5.41, 5.74) is 1.27. The first kappa shape index (κ1) is 14.2. The highest BCUT2D eigenvalue weighted by molar-refractivity contribution is 8.15. The molecule has 5 nitrogen and oxygen atoms in total. The summed E-state index contributed by atoms with van der Waals surface area (Å²) < 4.78 is 22.3. The van der Waals surface area contributed by atoms with Crippen LogP contribution in [0.4, 0.5) is 0 Å². The first-order chi connectivity index (χ1) is 9.88. The van der Waals surface area contributed by atoms with Gasteiger partial charge in [0.05, 0.1) is 11.4 Å². The molecule has 0 bridgehead atoms. The van der Waals surface area contributed by atoms with Crippen molar-refractivity contribution in [2.45, 2.75) is 10.8 Å². The van der Waals surface area contributed by atoms with E-state index in [1.807, 2.05) is 0 Å². The van der Waals surface area contributed by atoms with E-state index in [2.05, 4.69) is 0 Å². The minimum Gasteiger partial charge on any atom is -0.269 e. The number of hydrogen-bond donors (Lipinski definition) is 0. The second kappa shape index (κ2) is 4.94. The predicted molar refractivity (Wildman–Crippen MR) is 78.0 cm³/mol. The lowest BCUT2D eigenvalue weighted by molar-refractivity contribution is 0.0634. The van der Waals surface area contributed by atoms with Crippen molar-refractivity contribution < 1.29 is 18.0 Å². The fourth-order valence-electron chi connectivity index (χ4n) is 2.12. The first-order valence-electron chi connectivity index (χ1n) is 5.86. The van der Waals surface area contributed by atoms with Crippen molar-refractivity contribution in [2.75, 3.05) is 0 Å². The number of rotatable bonds is 2. The lowest BCUT2D eigenvalue weighted by Gasteiger charge is -2.11. The largest absolute Gasteiger partial charge is 0.271 e.